The molecule has 0 radical (unpaired) electrons. The predicted octanol–water partition coefficient (Wildman–Crippen LogP) is 2.98. The third kappa shape index (κ3) is 3.09. The monoisotopic (exact) mass is 316 g/mol. The van der Waals surface area contributed by atoms with Crippen LogP contribution >= 0.6 is 0 Å². The van der Waals surface area contributed by atoms with E-state index in [1.807, 2.05) is 12.1 Å². The van der Waals surface area contributed by atoms with Gasteiger partial charge < -0.3 is 19.2 Å². The van der Waals surface area contributed by atoms with Gasteiger partial charge in [-0.3, -0.25) is 0 Å². The third-order valence-electron chi connectivity index (χ3n) is 4.44. The maximum absolute atomic E-state index is 12.5. The average Bonchev–Trinajstić information content (AvgIpc) is 3.11. The molecule has 1 atom stereocenters. The van der Waals surface area contributed by atoms with Crippen molar-refractivity contribution in [2.24, 2.45) is 0 Å². The largest absolute Gasteiger partial charge is 0.467 e. The minimum Gasteiger partial charge on any atom is -0.467 e. The van der Waals surface area contributed by atoms with Crippen molar-refractivity contribution >= 4 is 6.03 Å². The van der Waals surface area contributed by atoms with Crippen LogP contribution in [0.3, 0.4) is 0 Å². The lowest BCUT2D eigenvalue weighted by Crippen LogP contribution is -2.44. The second-order valence-corrected chi connectivity index (χ2v) is 6.21. The highest BCUT2D eigenvalue weighted by Crippen LogP contribution is 2.39. The van der Waals surface area contributed by atoms with Crippen LogP contribution in [0.2, 0.25) is 0 Å². The smallest absolute Gasteiger partial charge is 0.318 e. The summed E-state index contributed by atoms with van der Waals surface area (Å²) in [5.41, 5.74) is 0. The van der Waals surface area contributed by atoms with Crippen molar-refractivity contribution in [1.29, 1.82) is 0 Å². The molecule has 0 unspecified atom stereocenters. The maximum atomic E-state index is 12.5. The van der Waals surface area contributed by atoms with E-state index in [-0.39, 0.29) is 12.1 Å². The van der Waals surface area contributed by atoms with Gasteiger partial charge in [0, 0.05) is 12.5 Å². The fraction of sp³-hybridized carbons (Fsp3) is 0.562. The number of amides is 2. The Kier molecular flexibility index (Phi) is 3.77. The number of piperidine rings is 1. The van der Waals surface area contributed by atoms with E-state index in [4.69, 9.17) is 8.94 Å². The Labute approximate surface area is 134 Å². The first-order valence-electron chi connectivity index (χ1n) is 8.21. The highest BCUT2D eigenvalue weighted by atomic mass is 16.5. The molecule has 0 spiro atoms. The van der Waals surface area contributed by atoms with Gasteiger partial charge in [0.15, 0.2) is 5.82 Å². The van der Waals surface area contributed by atoms with Gasteiger partial charge in [-0.25, -0.2) is 4.79 Å². The maximum Gasteiger partial charge on any atom is 0.318 e. The number of furan rings is 1. The molecule has 2 aromatic rings. The van der Waals surface area contributed by atoms with Crippen molar-refractivity contribution in [2.75, 3.05) is 6.54 Å². The summed E-state index contributed by atoms with van der Waals surface area (Å²) in [6.07, 6.45) is 6.79. The zero-order chi connectivity index (χ0) is 15.6. The van der Waals surface area contributed by atoms with Gasteiger partial charge in [0.25, 0.3) is 0 Å². The number of rotatable bonds is 4. The second-order valence-electron chi connectivity index (χ2n) is 6.21. The van der Waals surface area contributed by atoms with E-state index in [9.17, 15) is 4.79 Å². The van der Waals surface area contributed by atoms with Gasteiger partial charge in [0.1, 0.15) is 11.8 Å². The summed E-state index contributed by atoms with van der Waals surface area (Å²) < 4.78 is 10.7. The molecular weight excluding hydrogens is 296 g/mol. The molecule has 1 saturated carbocycles. The van der Waals surface area contributed by atoms with Gasteiger partial charge in [0.2, 0.25) is 5.89 Å². The highest BCUT2D eigenvalue weighted by molar-refractivity contribution is 5.74. The number of hydrogen-bond acceptors (Lipinski definition) is 5. The SMILES string of the molecule is O=C(NCc1ccco1)N1CCCC[C@H]1c1nc(C2CC2)no1. The number of nitrogens with one attached hydrogen (secondary N) is 1. The first kappa shape index (κ1) is 14.3. The Morgan fingerprint density at radius 2 is 2.26 bits per heavy atom. The lowest BCUT2D eigenvalue weighted by molar-refractivity contribution is 0.131. The standard InChI is InChI=1S/C16H20N4O3/c21-16(17-10-12-4-3-9-22-12)20-8-2-1-5-13(20)15-18-14(19-23-15)11-6-7-11/h3-4,9,11,13H,1-2,5-8,10H2,(H,17,21)/t13-/m0/s1. The van der Waals surface area contributed by atoms with Gasteiger partial charge in [0.05, 0.1) is 12.8 Å². The molecule has 1 saturated heterocycles. The second kappa shape index (κ2) is 6.06. The first-order chi connectivity index (χ1) is 11.3. The molecule has 2 amide bonds. The molecule has 2 aliphatic rings. The molecule has 122 valence electrons. The van der Waals surface area contributed by atoms with Gasteiger partial charge in [-0.2, -0.15) is 4.98 Å². The summed E-state index contributed by atoms with van der Waals surface area (Å²) in [6.45, 7) is 1.09. The number of nitrogens with zero attached hydrogens (tertiary/aromatic N) is 3. The van der Waals surface area contributed by atoms with E-state index in [0.717, 1.165) is 43.7 Å². The molecule has 7 nitrogen and oxygen atoms in total. The highest BCUT2D eigenvalue weighted by Gasteiger charge is 2.34. The molecule has 1 aliphatic heterocycles. The van der Waals surface area contributed by atoms with Crippen LogP contribution in [0, 0.1) is 0 Å². The van der Waals surface area contributed by atoms with Crippen LogP contribution in [-0.2, 0) is 6.54 Å². The molecule has 1 N–H and O–H groups in total. The molecule has 7 heteroatoms. The molecule has 3 heterocycles. The van der Waals surface area contributed by atoms with Crippen LogP contribution < -0.4 is 5.32 Å². The number of urea groups is 1. The number of likely N-dealkylation sites (tertiary alicyclic amines) is 1. The summed E-state index contributed by atoms with van der Waals surface area (Å²) >= 11 is 0. The minimum absolute atomic E-state index is 0.114. The molecule has 0 bridgehead atoms. The zero-order valence-electron chi connectivity index (χ0n) is 12.9. The van der Waals surface area contributed by atoms with Crippen LogP contribution in [0.1, 0.15) is 61.5 Å². The van der Waals surface area contributed by atoms with Crippen LogP contribution in [0.5, 0.6) is 0 Å². The fourth-order valence-electron chi connectivity index (χ4n) is 3.00. The molecule has 2 aromatic heterocycles. The van der Waals surface area contributed by atoms with Gasteiger partial charge in [-0.1, -0.05) is 5.16 Å². The summed E-state index contributed by atoms with van der Waals surface area (Å²) in [4.78, 5) is 18.8. The summed E-state index contributed by atoms with van der Waals surface area (Å²) in [5.74, 6) is 2.55. The van der Waals surface area contributed by atoms with E-state index in [2.05, 4.69) is 15.5 Å². The fourth-order valence-corrected chi connectivity index (χ4v) is 3.00. The van der Waals surface area contributed by atoms with Gasteiger partial charge in [-0.15, -0.1) is 0 Å². The van der Waals surface area contributed by atoms with Gasteiger partial charge in [-0.05, 0) is 44.2 Å². The number of carbonyl (C=O) groups excluding carboxylic acids is 1. The molecule has 1 aliphatic carbocycles. The van der Waals surface area contributed by atoms with E-state index in [1.54, 1.807) is 11.2 Å². The number of hydrogen-bond donors (Lipinski definition) is 1. The number of aromatic nitrogens is 2. The Bertz CT molecular complexity index is 663. The summed E-state index contributed by atoms with van der Waals surface area (Å²) in [6, 6.07) is 3.41. The Hall–Kier alpha value is -2.31. The average molecular weight is 316 g/mol. The van der Waals surface area contributed by atoms with Crippen molar-refractivity contribution in [1.82, 2.24) is 20.4 Å². The van der Waals surface area contributed by atoms with Crippen molar-refractivity contribution < 1.29 is 13.7 Å². The zero-order valence-corrected chi connectivity index (χ0v) is 12.9. The molecule has 23 heavy (non-hydrogen) atoms. The predicted molar refractivity (Wildman–Crippen MR) is 80.5 cm³/mol. The Morgan fingerprint density at radius 1 is 1.35 bits per heavy atom. The minimum atomic E-state index is -0.125. The lowest BCUT2D eigenvalue weighted by Gasteiger charge is -2.33. The Morgan fingerprint density at radius 3 is 3.04 bits per heavy atom. The van der Waals surface area contributed by atoms with Crippen molar-refractivity contribution in [3.05, 3.63) is 35.9 Å². The van der Waals surface area contributed by atoms with Crippen molar-refractivity contribution in [3.63, 3.8) is 0 Å². The van der Waals surface area contributed by atoms with E-state index < -0.39 is 0 Å². The van der Waals surface area contributed by atoms with Crippen molar-refractivity contribution in [3.8, 4) is 0 Å². The topological polar surface area (TPSA) is 84.4 Å². The normalized spacial score (nSPS) is 21.4. The van der Waals surface area contributed by atoms with Crippen LogP contribution in [-0.4, -0.2) is 27.6 Å². The van der Waals surface area contributed by atoms with Gasteiger partial charge >= 0.3 is 6.03 Å². The van der Waals surface area contributed by atoms with E-state index in [0.29, 0.717) is 24.9 Å². The molecule has 4 rings (SSSR count). The van der Waals surface area contributed by atoms with Crippen LogP contribution in [0.15, 0.2) is 27.3 Å². The number of carbonyl (C=O) groups is 1. The van der Waals surface area contributed by atoms with E-state index >= 15 is 0 Å². The molecular formula is C16H20N4O3. The molecule has 2 fully saturated rings. The quantitative estimate of drug-likeness (QED) is 0.937. The molecule has 0 aromatic carbocycles. The van der Waals surface area contributed by atoms with Crippen LogP contribution in [0.25, 0.3) is 0 Å². The third-order valence-corrected chi connectivity index (χ3v) is 4.44. The Balaban J connectivity index is 1.44. The van der Waals surface area contributed by atoms with Crippen molar-refractivity contribution in [2.45, 2.75) is 50.6 Å². The summed E-state index contributed by atoms with van der Waals surface area (Å²) in [7, 11) is 0. The van der Waals surface area contributed by atoms with E-state index in [1.165, 1.54) is 0 Å². The first-order valence-corrected chi connectivity index (χ1v) is 8.21. The lowest BCUT2D eigenvalue weighted by atomic mass is 10.0. The van der Waals surface area contributed by atoms with Crippen LogP contribution in [0.4, 0.5) is 4.79 Å². The summed E-state index contributed by atoms with van der Waals surface area (Å²) in [5, 5.41) is 6.97.